The normalized spacial score (nSPS) is 10.2. The van der Waals surface area contributed by atoms with E-state index in [0.717, 1.165) is 0 Å². The highest BCUT2D eigenvalue weighted by Gasteiger charge is 2.18. The van der Waals surface area contributed by atoms with Gasteiger partial charge in [-0.3, -0.25) is 9.59 Å². The Kier molecular flexibility index (Phi) is 6.89. The minimum Gasteiger partial charge on any atom is -0.469 e. The zero-order valence-corrected chi connectivity index (χ0v) is 12.1. The molecule has 0 spiro atoms. The van der Waals surface area contributed by atoms with Crippen LogP contribution in [0.15, 0.2) is 12.4 Å². The molecule has 1 aromatic heterocycles. The SMILES string of the molecule is COCCN(CCC(=O)OC)C(=O)c1cnc(Cl)cn1. The van der Waals surface area contributed by atoms with Gasteiger partial charge in [0.25, 0.3) is 5.91 Å². The van der Waals surface area contributed by atoms with Crippen molar-refractivity contribution in [3.05, 3.63) is 23.2 Å². The van der Waals surface area contributed by atoms with Gasteiger partial charge in [0, 0.05) is 20.2 Å². The maximum Gasteiger partial charge on any atom is 0.307 e. The van der Waals surface area contributed by atoms with Gasteiger partial charge in [-0.05, 0) is 0 Å². The molecule has 1 aromatic rings. The van der Waals surface area contributed by atoms with Crippen LogP contribution in [0.3, 0.4) is 0 Å². The molecule has 0 radical (unpaired) electrons. The van der Waals surface area contributed by atoms with Crippen molar-refractivity contribution in [1.29, 1.82) is 0 Å². The predicted octanol–water partition coefficient (Wildman–Crippen LogP) is 0.782. The quantitative estimate of drug-likeness (QED) is 0.692. The molecule has 0 aliphatic carbocycles. The second-order valence-corrected chi connectivity index (χ2v) is 4.22. The number of hydrogen-bond acceptors (Lipinski definition) is 6. The Hall–Kier alpha value is -1.73. The molecule has 1 rings (SSSR count). The van der Waals surface area contributed by atoms with Gasteiger partial charge in [-0.25, -0.2) is 9.97 Å². The lowest BCUT2D eigenvalue weighted by atomic mass is 10.3. The summed E-state index contributed by atoms with van der Waals surface area (Å²) >= 11 is 5.62. The van der Waals surface area contributed by atoms with Crippen LogP contribution >= 0.6 is 11.6 Å². The van der Waals surface area contributed by atoms with E-state index in [0.29, 0.717) is 13.2 Å². The second kappa shape index (κ2) is 8.44. The largest absolute Gasteiger partial charge is 0.469 e. The van der Waals surface area contributed by atoms with Crippen LogP contribution < -0.4 is 0 Å². The molecule has 0 aliphatic heterocycles. The maximum absolute atomic E-state index is 12.2. The number of nitrogens with zero attached hydrogens (tertiary/aromatic N) is 3. The monoisotopic (exact) mass is 301 g/mol. The number of aromatic nitrogens is 2. The number of halogens is 1. The fraction of sp³-hybridized carbons (Fsp3) is 0.500. The molecule has 0 fully saturated rings. The zero-order chi connectivity index (χ0) is 15.0. The summed E-state index contributed by atoms with van der Waals surface area (Å²) in [5, 5.41) is 0.208. The molecule has 8 heteroatoms. The third-order valence-electron chi connectivity index (χ3n) is 2.51. The lowest BCUT2D eigenvalue weighted by Gasteiger charge is -2.21. The first-order valence-electron chi connectivity index (χ1n) is 5.91. The van der Waals surface area contributed by atoms with Crippen LogP contribution in [0.2, 0.25) is 5.15 Å². The van der Waals surface area contributed by atoms with Crippen molar-refractivity contribution in [2.75, 3.05) is 33.9 Å². The molecule has 0 bridgehead atoms. The number of carbonyl (C=O) groups excluding carboxylic acids is 2. The Bertz CT molecular complexity index is 453. The first-order valence-corrected chi connectivity index (χ1v) is 6.29. The van der Waals surface area contributed by atoms with Crippen molar-refractivity contribution in [3.63, 3.8) is 0 Å². The van der Waals surface area contributed by atoms with E-state index in [1.165, 1.54) is 31.5 Å². The van der Waals surface area contributed by atoms with Gasteiger partial charge in [-0.15, -0.1) is 0 Å². The molecule has 0 saturated carbocycles. The number of ether oxygens (including phenoxy) is 2. The summed E-state index contributed by atoms with van der Waals surface area (Å²) in [4.78, 5) is 32.6. The lowest BCUT2D eigenvalue weighted by Crippen LogP contribution is -2.36. The highest BCUT2D eigenvalue weighted by molar-refractivity contribution is 6.29. The van der Waals surface area contributed by atoms with Crippen LogP contribution in [0.5, 0.6) is 0 Å². The third-order valence-corrected chi connectivity index (χ3v) is 2.70. The van der Waals surface area contributed by atoms with Crippen molar-refractivity contribution < 1.29 is 19.1 Å². The number of methoxy groups -OCH3 is 2. The molecule has 1 heterocycles. The average molecular weight is 302 g/mol. The van der Waals surface area contributed by atoms with Crippen LogP contribution in [-0.2, 0) is 14.3 Å². The molecule has 1 amide bonds. The Morgan fingerprint density at radius 1 is 1.25 bits per heavy atom. The summed E-state index contributed by atoms with van der Waals surface area (Å²) in [6.07, 6.45) is 2.69. The topological polar surface area (TPSA) is 81.6 Å². The van der Waals surface area contributed by atoms with Crippen molar-refractivity contribution in [2.24, 2.45) is 0 Å². The summed E-state index contributed by atoms with van der Waals surface area (Å²) in [7, 11) is 2.83. The summed E-state index contributed by atoms with van der Waals surface area (Å²) in [5.41, 5.74) is 0.162. The van der Waals surface area contributed by atoms with Crippen LogP contribution in [0.1, 0.15) is 16.9 Å². The van der Waals surface area contributed by atoms with Gasteiger partial charge in [0.05, 0.1) is 32.5 Å². The number of rotatable bonds is 7. The van der Waals surface area contributed by atoms with E-state index in [1.54, 1.807) is 0 Å². The van der Waals surface area contributed by atoms with Crippen molar-refractivity contribution in [3.8, 4) is 0 Å². The molecular formula is C12H16ClN3O4. The van der Waals surface area contributed by atoms with E-state index in [1.807, 2.05) is 0 Å². The highest BCUT2D eigenvalue weighted by atomic mass is 35.5. The van der Waals surface area contributed by atoms with Crippen LogP contribution in [0.4, 0.5) is 0 Å². The number of hydrogen-bond donors (Lipinski definition) is 0. The molecule has 0 saturated heterocycles. The molecule has 0 unspecified atom stereocenters. The van der Waals surface area contributed by atoms with Gasteiger partial charge in [-0.2, -0.15) is 0 Å². The van der Waals surface area contributed by atoms with Gasteiger partial charge in [-0.1, -0.05) is 11.6 Å². The lowest BCUT2D eigenvalue weighted by molar-refractivity contribution is -0.140. The third kappa shape index (κ3) is 5.10. The molecule has 0 aliphatic rings. The Labute approximate surface area is 121 Å². The highest BCUT2D eigenvalue weighted by Crippen LogP contribution is 2.06. The summed E-state index contributed by atoms with van der Waals surface area (Å²) in [5.74, 6) is -0.725. The van der Waals surface area contributed by atoms with Crippen molar-refractivity contribution >= 4 is 23.5 Å². The molecular weight excluding hydrogens is 286 g/mol. The minimum absolute atomic E-state index is 0.104. The number of esters is 1. The number of amides is 1. The van der Waals surface area contributed by atoms with E-state index in [2.05, 4.69) is 14.7 Å². The van der Waals surface area contributed by atoms with E-state index >= 15 is 0 Å². The van der Waals surface area contributed by atoms with Gasteiger partial charge >= 0.3 is 5.97 Å². The molecule has 7 nitrogen and oxygen atoms in total. The maximum atomic E-state index is 12.2. The summed E-state index contributed by atoms with van der Waals surface area (Å²) in [6.45, 7) is 0.920. The molecule has 0 aromatic carbocycles. The summed E-state index contributed by atoms with van der Waals surface area (Å²) < 4.78 is 9.50. The second-order valence-electron chi connectivity index (χ2n) is 3.84. The van der Waals surface area contributed by atoms with E-state index in [-0.39, 0.29) is 35.7 Å². The zero-order valence-electron chi connectivity index (χ0n) is 11.3. The molecule has 110 valence electrons. The molecule has 0 N–H and O–H groups in total. The van der Waals surface area contributed by atoms with E-state index in [9.17, 15) is 9.59 Å². The molecule has 0 atom stereocenters. The van der Waals surface area contributed by atoms with Crippen LogP contribution in [0.25, 0.3) is 0 Å². The van der Waals surface area contributed by atoms with E-state index in [4.69, 9.17) is 16.3 Å². The number of carbonyl (C=O) groups is 2. The first-order chi connectivity index (χ1) is 9.58. The van der Waals surface area contributed by atoms with Crippen molar-refractivity contribution in [1.82, 2.24) is 14.9 Å². The van der Waals surface area contributed by atoms with Gasteiger partial charge in [0.2, 0.25) is 0 Å². The van der Waals surface area contributed by atoms with Crippen molar-refractivity contribution in [2.45, 2.75) is 6.42 Å². The van der Waals surface area contributed by atoms with Gasteiger partial charge in [0.15, 0.2) is 0 Å². The molecule has 20 heavy (non-hydrogen) atoms. The standard InChI is InChI=1S/C12H16ClN3O4/c1-19-6-5-16(4-3-11(17)20-2)12(18)9-7-15-10(13)8-14-9/h7-8H,3-6H2,1-2H3. The Morgan fingerprint density at radius 3 is 2.55 bits per heavy atom. The summed E-state index contributed by atoms with van der Waals surface area (Å²) in [6, 6.07) is 0. The minimum atomic E-state index is -0.387. The fourth-order valence-electron chi connectivity index (χ4n) is 1.43. The average Bonchev–Trinajstić information content (AvgIpc) is 2.47. The van der Waals surface area contributed by atoms with Crippen LogP contribution in [0, 0.1) is 0 Å². The van der Waals surface area contributed by atoms with Gasteiger partial charge < -0.3 is 14.4 Å². The smallest absolute Gasteiger partial charge is 0.307 e. The van der Waals surface area contributed by atoms with Crippen LogP contribution in [-0.4, -0.2) is 60.7 Å². The Morgan fingerprint density at radius 2 is 2.00 bits per heavy atom. The van der Waals surface area contributed by atoms with E-state index < -0.39 is 0 Å². The van der Waals surface area contributed by atoms with Gasteiger partial charge in [0.1, 0.15) is 10.8 Å². The first kappa shape index (κ1) is 16.3. The fourth-order valence-corrected chi connectivity index (χ4v) is 1.53. The Balaban J connectivity index is 2.72. The predicted molar refractivity (Wildman–Crippen MR) is 71.5 cm³/mol.